The van der Waals surface area contributed by atoms with Crippen molar-refractivity contribution < 1.29 is 24.9 Å². The number of hydrogen-bond donors (Lipinski definition) is 3. The van der Waals surface area contributed by atoms with Gasteiger partial charge in [0.05, 0.1) is 6.42 Å². The second-order valence-electron chi connectivity index (χ2n) is 6.42. The van der Waals surface area contributed by atoms with Gasteiger partial charge in [0.15, 0.2) is 0 Å². The Labute approximate surface area is 146 Å². The van der Waals surface area contributed by atoms with E-state index in [9.17, 15) is 20.1 Å². The van der Waals surface area contributed by atoms with Gasteiger partial charge in [-0.3, -0.25) is 4.79 Å². The van der Waals surface area contributed by atoms with E-state index < -0.39 is 5.97 Å². The van der Waals surface area contributed by atoms with Gasteiger partial charge in [0.2, 0.25) is 0 Å². The molecule has 0 spiro atoms. The molecule has 132 valence electrons. The third kappa shape index (κ3) is 3.40. The van der Waals surface area contributed by atoms with Gasteiger partial charge in [-0.05, 0) is 30.5 Å². The first-order valence-corrected chi connectivity index (χ1v) is 8.58. The van der Waals surface area contributed by atoms with E-state index in [1.807, 2.05) is 0 Å². The van der Waals surface area contributed by atoms with Crippen molar-refractivity contribution in [3.05, 3.63) is 47.0 Å². The molecule has 0 radical (unpaired) electrons. The Morgan fingerprint density at radius 3 is 2.48 bits per heavy atom. The van der Waals surface area contributed by atoms with Crippen molar-refractivity contribution >= 4 is 5.97 Å². The van der Waals surface area contributed by atoms with Gasteiger partial charge in [0.1, 0.15) is 23.0 Å². The highest BCUT2D eigenvalue weighted by atomic mass is 16.5. The molecule has 1 unspecified atom stereocenters. The van der Waals surface area contributed by atoms with Gasteiger partial charge < -0.3 is 20.1 Å². The molecule has 3 N–H and O–H groups in total. The van der Waals surface area contributed by atoms with Crippen LogP contribution in [0.25, 0.3) is 0 Å². The molecule has 1 aliphatic heterocycles. The zero-order valence-electron chi connectivity index (χ0n) is 14.2. The van der Waals surface area contributed by atoms with Gasteiger partial charge in [-0.1, -0.05) is 31.9 Å². The second kappa shape index (κ2) is 7.05. The first-order chi connectivity index (χ1) is 12.0. The lowest BCUT2D eigenvalue weighted by Gasteiger charge is -2.28. The average Bonchev–Trinajstić information content (AvgIpc) is 2.57. The number of fused-ring (bicyclic) bond motifs is 1. The molecule has 1 heterocycles. The summed E-state index contributed by atoms with van der Waals surface area (Å²) in [5.74, 6) is -0.487. The van der Waals surface area contributed by atoms with E-state index in [0.717, 1.165) is 24.8 Å². The van der Waals surface area contributed by atoms with Crippen LogP contribution in [-0.4, -0.2) is 21.3 Å². The quantitative estimate of drug-likeness (QED) is 0.435. The summed E-state index contributed by atoms with van der Waals surface area (Å²) in [6.45, 7) is 2.09. The Hall–Kier alpha value is -2.69. The largest absolute Gasteiger partial charge is 0.508 e. The first-order valence-electron chi connectivity index (χ1n) is 8.58. The lowest BCUT2D eigenvalue weighted by atomic mass is 9.84. The fourth-order valence-electron chi connectivity index (χ4n) is 3.35. The Balaban J connectivity index is 2.09. The summed E-state index contributed by atoms with van der Waals surface area (Å²) >= 11 is 0. The minimum absolute atomic E-state index is 0.0495. The predicted octanol–water partition coefficient (Wildman–Crippen LogP) is 3.98. The van der Waals surface area contributed by atoms with Gasteiger partial charge in [0.25, 0.3) is 0 Å². The van der Waals surface area contributed by atoms with Gasteiger partial charge >= 0.3 is 5.97 Å². The standard InChI is InChI=1S/C20H22O5/c1-2-3-4-5-14-16(22)11-17(23)19-15(10-18(24)25-20(14)19)12-6-8-13(21)9-7-12/h6-9,11,15,21-23H,2-5,10H2,1H3. The minimum atomic E-state index is -0.396. The van der Waals surface area contributed by atoms with E-state index in [0.29, 0.717) is 17.5 Å². The molecule has 0 fully saturated rings. The molecular formula is C20H22O5. The van der Waals surface area contributed by atoms with Gasteiger partial charge in [-0.25, -0.2) is 0 Å². The number of carbonyl (C=O) groups excluding carboxylic acids is 1. The fraction of sp³-hybridized carbons (Fsp3) is 0.350. The van der Waals surface area contributed by atoms with Crippen molar-refractivity contribution in [3.63, 3.8) is 0 Å². The van der Waals surface area contributed by atoms with E-state index in [-0.39, 0.29) is 35.3 Å². The summed E-state index contributed by atoms with van der Waals surface area (Å²) in [7, 11) is 0. The molecular weight excluding hydrogens is 320 g/mol. The van der Waals surface area contributed by atoms with Crippen molar-refractivity contribution in [2.75, 3.05) is 0 Å². The molecule has 5 nitrogen and oxygen atoms in total. The number of benzene rings is 2. The summed E-state index contributed by atoms with van der Waals surface area (Å²) in [6, 6.07) is 7.88. The number of unbranched alkanes of at least 4 members (excludes halogenated alkanes) is 2. The van der Waals surface area contributed by atoms with Gasteiger partial charge in [0, 0.05) is 23.1 Å². The lowest BCUT2D eigenvalue weighted by Crippen LogP contribution is -2.22. The molecule has 0 saturated carbocycles. The third-order valence-corrected chi connectivity index (χ3v) is 4.64. The fourth-order valence-corrected chi connectivity index (χ4v) is 3.35. The normalized spacial score (nSPS) is 16.4. The molecule has 1 aliphatic rings. The molecule has 0 aromatic heterocycles. The maximum atomic E-state index is 12.1. The highest BCUT2D eigenvalue weighted by Gasteiger charge is 2.34. The van der Waals surface area contributed by atoms with E-state index >= 15 is 0 Å². The molecule has 3 rings (SSSR count). The zero-order valence-corrected chi connectivity index (χ0v) is 14.2. The Kier molecular flexibility index (Phi) is 4.83. The van der Waals surface area contributed by atoms with Gasteiger partial charge in [-0.2, -0.15) is 0 Å². The average molecular weight is 342 g/mol. The van der Waals surface area contributed by atoms with Crippen molar-refractivity contribution in [2.24, 2.45) is 0 Å². The van der Waals surface area contributed by atoms with Crippen molar-refractivity contribution in [1.29, 1.82) is 0 Å². The smallest absolute Gasteiger partial charge is 0.312 e. The molecule has 0 amide bonds. The summed E-state index contributed by atoms with van der Waals surface area (Å²) in [6.07, 6.45) is 3.59. The number of phenols is 3. The van der Waals surface area contributed by atoms with Crippen LogP contribution in [0.15, 0.2) is 30.3 Å². The molecule has 25 heavy (non-hydrogen) atoms. The maximum Gasteiger partial charge on any atom is 0.312 e. The molecule has 1 atom stereocenters. The summed E-state index contributed by atoms with van der Waals surface area (Å²) in [5, 5.41) is 30.1. The van der Waals surface area contributed by atoms with Crippen LogP contribution in [0.4, 0.5) is 0 Å². The summed E-state index contributed by atoms with van der Waals surface area (Å²) < 4.78 is 5.42. The predicted molar refractivity (Wildman–Crippen MR) is 93.2 cm³/mol. The lowest BCUT2D eigenvalue weighted by molar-refractivity contribution is -0.135. The molecule has 0 saturated heterocycles. The van der Waals surface area contributed by atoms with Crippen LogP contribution in [0.3, 0.4) is 0 Å². The second-order valence-corrected chi connectivity index (χ2v) is 6.42. The molecule has 2 aromatic carbocycles. The van der Waals surface area contributed by atoms with E-state index in [4.69, 9.17) is 4.74 Å². The van der Waals surface area contributed by atoms with Crippen LogP contribution in [0.1, 0.15) is 55.2 Å². The zero-order chi connectivity index (χ0) is 18.0. The minimum Gasteiger partial charge on any atom is -0.508 e. The summed E-state index contributed by atoms with van der Waals surface area (Å²) in [4.78, 5) is 12.1. The van der Waals surface area contributed by atoms with Crippen molar-refractivity contribution in [3.8, 4) is 23.0 Å². The SMILES string of the molecule is CCCCCc1c(O)cc(O)c2c1OC(=O)CC2c1ccc(O)cc1. The van der Waals surface area contributed by atoms with Crippen LogP contribution in [0, 0.1) is 0 Å². The number of phenolic OH excluding ortho intramolecular Hbond substituents is 3. The maximum absolute atomic E-state index is 12.1. The number of hydrogen-bond acceptors (Lipinski definition) is 5. The highest BCUT2D eigenvalue weighted by Crippen LogP contribution is 2.48. The highest BCUT2D eigenvalue weighted by molar-refractivity contribution is 5.80. The monoisotopic (exact) mass is 342 g/mol. The number of rotatable bonds is 5. The molecule has 2 aromatic rings. The Bertz CT molecular complexity index is 780. The van der Waals surface area contributed by atoms with E-state index in [2.05, 4.69) is 6.92 Å². The van der Waals surface area contributed by atoms with E-state index in [1.165, 1.54) is 6.07 Å². The van der Waals surface area contributed by atoms with Crippen LogP contribution in [0.5, 0.6) is 23.0 Å². The molecule has 5 heteroatoms. The third-order valence-electron chi connectivity index (χ3n) is 4.64. The Morgan fingerprint density at radius 1 is 1.08 bits per heavy atom. The van der Waals surface area contributed by atoms with Crippen LogP contribution < -0.4 is 4.74 Å². The molecule has 0 bridgehead atoms. The Morgan fingerprint density at radius 2 is 1.80 bits per heavy atom. The van der Waals surface area contributed by atoms with E-state index in [1.54, 1.807) is 24.3 Å². The van der Waals surface area contributed by atoms with Crippen LogP contribution >= 0.6 is 0 Å². The van der Waals surface area contributed by atoms with Gasteiger partial charge in [-0.15, -0.1) is 0 Å². The van der Waals surface area contributed by atoms with Crippen LogP contribution in [-0.2, 0) is 11.2 Å². The van der Waals surface area contributed by atoms with Crippen LogP contribution in [0.2, 0.25) is 0 Å². The first kappa shape index (κ1) is 17.1. The topological polar surface area (TPSA) is 87.0 Å². The number of aromatic hydroxyl groups is 3. The van der Waals surface area contributed by atoms with Crippen molar-refractivity contribution in [1.82, 2.24) is 0 Å². The number of ether oxygens (including phenoxy) is 1. The number of carbonyl (C=O) groups is 1. The number of esters is 1. The van der Waals surface area contributed by atoms with Crippen molar-refractivity contribution in [2.45, 2.75) is 44.9 Å². The molecule has 0 aliphatic carbocycles. The summed E-state index contributed by atoms with van der Waals surface area (Å²) in [5.41, 5.74) is 1.89.